The predicted molar refractivity (Wildman–Crippen MR) is 55.2 cm³/mol. The number of methoxy groups -OCH3 is 2. The quantitative estimate of drug-likeness (QED) is 0.626. The van der Waals surface area contributed by atoms with Crippen LogP contribution < -0.4 is 5.32 Å². The van der Waals surface area contributed by atoms with Crippen LogP contribution in [0, 0.1) is 0 Å². The molecule has 2 unspecified atom stereocenters. The van der Waals surface area contributed by atoms with Gasteiger partial charge in [0.05, 0.1) is 13.7 Å². The summed E-state index contributed by atoms with van der Waals surface area (Å²) in [5.74, 6) is -0.206. The molecule has 0 saturated carbocycles. The summed E-state index contributed by atoms with van der Waals surface area (Å²) in [6, 6.07) is -0.0100. The Morgan fingerprint density at radius 3 is 2.29 bits per heavy atom. The van der Waals surface area contributed by atoms with Crippen molar-refractivity contribution >= 4 is 5.97 Å². The Hall–Kier alpha value is -0.610. The van der Waals surface area contributed by atoms with Gasteiger partial charge in [-0.2, -0.15) is 0 Å². The van der Waals surface area contributed by atoms with Crippen molar-refractivity contribution in [3.8, 4) is 0 Å². The Labute approximate surface area is 86.0 Å². The number of hydrogen-bond donors (Lipinski definition) is 1. The van der Waals surface area contributed by atoms with Crippen LogP contribution in [0.4, 0.5) is 0 Å². The van der Waals surface area contributed by atoms with Gasteiger partial charge in [0.1, 0.15) is 6.04 Å². The van der Waals surface area contributed by atoms with Crippen molar-refractivity contribution in [1.82, 2.24) is 5.32 Å². The van der Waals surface area contributed by atoms with E-state index in [0.717, 1.165) is 12.8 Å². The average Bonchev–Trinajstić information content (AvgIpc) is 2.23. The molecule has 84 valence electrons. The van der Waals surface area contributed by atoms with Crippen LogP contribution >= 0.6 is 0 Å². The maximum Gasteiger partial charge on any atom is 0.322 e. The predicted octanol–water partition coefficient (Wildman–Crippen LogP) is 0.953. The Morgan fingerprint density at radius 1 is 1.29 bits per heavy atom. The smallest absolute Gasteiger partial charge is 0.322 e. The van der Waals surface area contributed by atoms with Crippen LogP contribution in [0.15, 0.2) is 0 Å². The first-order valence-corrected chi connectivity index (χ1v) is 5.02. The highest BCUT2D eigenvalue weighted by Gasteiger charge is 2.19. The molecule has 0 fully saturated rings. The standard InChI is InChI=1S/C10H21NO3/c1-5-8(7-13-3)11-9(6-2)10(12)14-4/h8-9,11H,5-7H2,1-4H3. The van der Waals surface area contributed by atoms with Crippen molar-refractivity contribution in [2.24, 2.45) is 0 Å². The molecule has 0 bridgehead atoms. The molecule has 0 aromatic carbocycles. The van der Waals surface area contributed by atoms with E-state index >= 15 is 0 Å². The third-order valence-electron chi connectivity index (χ3n) is 2.19. The number of hydrogen-bond acceptors (Lipinski definition) is 4. The lowest BCUT2D eigenvalue weighted by molar-refractivity contribution is -0.143. The summed E-state index contributed by atoms with van der Waals surface area (Å²) >= 11 is 0. The van der Waals surface area contributed by atoms with Gasteiger partial charge in [-0.05, 0) is 12.8 Å². The van der Waals surface area contributed by atoms with Crippen molar-refractivity contribution in [3.63, 3.8) is 0 Å². The van der Waals surface area contributed by atoms with Crippen LogP contribution in [0.25, 0.3) is 0 Å². The van der Waals surface area contributed by atoms with Crippen molar-refractivity contribution in [1.29, 1.82) is 0 Å². The van der Waals surface area contributed by atoms with E-state index in [-0.39, 0.29) is 18.1 Å². The molecule has 0 aliphatic rings. The molecule has 0 aromatic heterocycles. The highest BCUT2D eigenvalue weighted by Crippen LogP contribution is 1.99. The molecule has 0 aliphatic carbocycles. The van der Waals surface area contributed by atoms with Gasteiger partial charge < -0.3 is 9.47 Å². The van der Waals surface area contributed by atoms with E-state index in [1.54, 1.807) is 7.11 Å². The maximum atomic E-state index is 11.3. The van der Waals surface area contributed by atoms with Gasteiger partial charge >= 0.3 is 5.97 Å². The SMILES string of the molecule is CCC(COC)NC(CC)C(=O)OC. The summed E-state index contributed by atoms with van der Waals surface area (Å²) in [7, 11) is 3.06. The van der Waals surface area contributed by atoms with E-state index in [2.05, 4.69) is 17.0 Å². The molecular formula is C10H21NO3. The molecule has 4 nitrogen and oxygen atoms in total. The Balaban J connectivity index is 4.06. The van der Waals surface area contributed by atoms with Gasteiger partial charge in [0, 0.05) is 13.2 Å². The molecule has 0 aliphatic heterocycles. The zero-order valence-electron chi connectivity index (χ0n) is 9.50. The lowest BCUT2D eigenvalue weighted by Gasteiger charge is -2.21. The summed E-state index contributed by atoms with van der Waals surface area (Å²) in [6.07, 6.45) is 1.66. The third-order valence-corrected chi connectivity index (χ3v) is 2.19. The summed E-state index contributed by atoms with van der Waals surface area (Å²) in [6.45, 7) is 4.62. The molecule has 0 aromatic rings. The highest BCUT2D eigenvalue weighted by molar-refractivity contribution is 5.75. The third kappa shape index (κ3) is 4.58. The number of esters is 1. The van der Waals surface area contributed by atoms with E-state index in [0.29, 0.717) is 6.61 Å². The van der Waals surface area contributed by atoms with Gasteiger partial charge in [-0.3, -0.25) is 10.1 Å². The summed E-state index contributed by atoms with van der Waals surface area (Å²) < 4.78 is 9.72. The molecule has 14 heavy (non-hydrogen) atoms. The van der Waals surface area contributed by atoms with Crippen LogP contribution in [0.3, 0.4) is 0 Å². The topological polar surface area (TPSA) is 47.6 Å². The minimum Gasteiger partial charge on any atom is -0.468 e. The van der Waals surface area contributed by atoms with Crippen LogP contribution in [-0.4, -0.2) is 38.9 Å². The molecule has 1 N–H and O–H groups in total. The minimum atomic E-state index is -0.222. The zero-order chi connectivity index (χ0) is 11.0. The van der Waals surface area contributed by atoms with Gasteiger partial charge in [-0.1, -0.05) is 13.8 Å². The number of carbonyl (C=O) groups is 1. The Morgan fingerprint density at radius 2 is 1.93 bits per heavy atom. The van der Waals surface area contributed by atoms with Gasteiger partial charge in [-0.15, -0.1) is 0 Å². The van der Waals surface area contributed by atoms with Crippen molar-refractivity contribution in [3.05, 3.63) is 0 Å². The first kappa shape index (κ1) is 13.4. The van der Waals surface area contributed by atoms with Crippen molar-refractivity contribution < 1.29 is 14.3 Å². The zero-order valence-corrected chi connectivity index (χ0v) is 9.50. The summed E-state index contributed by atoms with van der Waals surface area (Å²) in [5, 5.41) is 3.21. The fourth-order valence-corrected chi connectivity index (χ4v) is 1.26. The molecule has 2 atom stereocenters. The van der Waals surface area contributed by atoms with Crippen LogP contribution in [0.1, 0.15) is 26.7 Å². The molecule has 0 heterocycles. The van der Waals surface area contributed by atoms with Crippen molar-refractivity contribution in [2.45, 2.75) is 38.8 Å². The monoisotopic (exact) mass is 203 g/mol. The molecule has 0 amide bonds. The van der Waals surface area contributed by atoms with Gasteiger partial charge in [0.15, 0.2) is 0 Å². The first-order chi connectivity index (χ1) is 6.69. The highest BCUT2D eigenvalue weighted by atomic mass is 16.5. The maximum absolute atomic E-state index is 11.3. The lowest BCUT2D eigenvalue weighted by Crippen LogP contribution is -2.45. The fourth-order valence-electron chi connectivity index (χ4n) is 1.26. The molecule has 0 spiro atoms. The molecular weight excluding hydrogens is 182 g/mol. The van der Waals surface area contributed by atoms with E-state index in [4.69, 9.17) is 4.74 Å². The second-order valence-electron chi connectivity index (χ2n) is 3.21. The van der Waals surface area contributed by atoms with E-state index in [9.17, 15) is 4.79 Å². The normalized spacial score (nSPS) is 14.9. The fraction of sp³-hybridized carbons (Fsp3) is 0.900. The summed E-state index contributed by atoms with van der Waals surface area (Å²) in [5.41, 5.74) is 0. The van der Waals surface area contributed by atoms with Crippen LogP contribution in [-0.2, 0) is 14.3 Å². The van der Waals surface area contributed by atoms with Gasteiger partial charge in [0.25, 0.3) is 0 Å². The molecule has 0 saturated heterocycles. The van der Waals surface area contributed by atoms with Crippen molar-refractivity contribution in [2.75, 3.05) is 20.8 Å². The van der Waals surface area contributed by atoms with E-state index < -0.39 is 0 Å². The van der Waals surface area contributed by atoms with E-state index in [1.807, 2.05) is 6.92 Å². The molecule has 4 heteroatoms. The lowest BCUT2D eigenvalue weighted by atomic mass is 10.1. The number of nitrogens with one attached hydrogen (secondary N) is 1. The first-order valence-electron chi connectivity index (χ1n) is 5.02. The summed E-state index contributed by atoms with van der Waals surface area (Å²) in [4.78, 5) is 11.3. The second kappa shape index (κ2) is 7.76. The van der Waals surface area contributed by atoms with E-state index in [1.165, 1.54) is 7.11 Å². The number of carbonyl (C=O) groups excluding carboxylic acids is 1. The Kier molecular flexibility index (Phi) is 7.42. The number of rotatable bonds is 7. The largest absolute Gasteiger partial charge is 0.468 e. The molecule has 0 radical (unpaired) electrons. The minimum absolute atomic E-state index is 0.206. The van der Waals surface area contributed by atoms with Crippen LogP contribution in [0.5, 0.6) is 0 Å². The Bertz CT molecular complexity index is 161. The van der Waals surface area contributed by atoms with Gasteiger partial charge in [0.2, 0.25) is 0 Å². The number of ether oxygens (including phenoxy) is 2. The van der Waals surface area contributed by atoms with Gasteiger partial charge in [-0.25, -0.2) is 0 Å². The second-order valence-corrected chi connectivity index (χ2v) is 3.21. The average molecular weight is 203 g/mol. The molecule has 0 rings (SSSR count). The van der Waals surface area contributed by atoms with Crippen LogP contribution in [0.2, 0.25) is 0 Å².